The molecule has 0 radical (unpaired) electrons. The van der Waals surface area contributed by atoms with Gasteiger partial charge in [-0.25, -0.2) is 0 Å². The predicted molar refractivity (Wildman–Crippen MR) is 341 cm³/mol. The average Bonchev–Trinajstić information content (AvgIpc) is 3.42. The van der Waals surface area contributed by atoms with E-state index in [-0.39, 0.29) is 26.1 Å². The van der Waals surface area contributed by atoms with Crippen molar-refractivity contribution in [2.45, 2.75) is 238 Å². The molecule has 0 aliphatic carbocycles. The maximum Gasteiger partial charge on any atom is 0.309 e. The van der Waals surface area contributed by atoms with Crippen molar-refractivity contribution >= 4 is 19.8 Å². The molecule has 10 heteroatoms. The third kappa shape index (κ3) is 63.1. The second-order valence-electron chi connectivity index (χ2n) is 21.7. The molecule has 0 aliphatic rings. The van der Waals surface area contributed by atoms with Crippen molar-refractivity contribution in [3.8, 4) is 0 Å². The average molecular weight is 1130 g/mol. The lowest BCUT2D eigenvalue weighted by Gasteiger charge is -2.28. The zero-order valence-corrected chi connectivity index (χ0v) is 52.4. The maximum absolute atomic E-state index is 12.8. The molecule has 9 nitrogen and oxygen atoms in total. The zero-order chi connectivity index (χ0) is 58.4. The van der Waals surface area contributed by atoms with Crippen LogP contribution in [0, 0.1) is 0 Å². The smallest absolute Gasteiger partial charge is 0.309 e. The number of hydrogen-bond donors (Lipinski definition) is 0. The summed E-state index contributed by atoms with van der Waals surface area (Å²) in [5.74, 6) is -0.985. The van der Waals surface area contributed by atoms with Gasteiger partial charge in [-0.3, -0.25) is 14.2 Å². The van der Waals surface area contributed by atoms with E-state index >= 15 is 0 Å². The highest BCUT2D eigenvalue weighted by molar-refractivity contribution is 7.45. The molecular formula is C70H116NO8P. The normalized spacial score (nSPS) is 14.2. The number of carbonyl (C=O) groups excluding carboxylic acids is 2. The van der Waals surface area contributed by atoms with Crippen LogP contribution in [0.2, 0.25) is 0 Å². The largest absolute Gasteiger partial charge is 0.756 e. The summed E-state index contributed by atoms with van der Waals surface area (Å²) in [6.07, 6.45) is 88.2. The van der Waals surface area contributed by atoms with Gasteiger partial charge in [-0.2, -0.15) is 0 Å². The van der Waals surface area contributed by atoms with Crippen LogP contribution in [-0.2, 0) is 32.7 Å². The Labute approximate surface area is 491 Å². The Balaban J connectivity index is 4.02. The number of quaternary nitrogens is 1. The van der Waals surface area contributed by atoms with Crippen LogP contribution >= 0.6 is 7.82 Å². The van der Waals surface area contributed by atoms with E-state index in [0.29, 0.717) is 23.9 Å². The molecule has 0 bridgehead atoms. The van der Waals surface area contributed by atoms with Gasteiger partial charge in [0, 0.05) is 6.42 Å². The monoisotopic (exact) mass is 1130 g/mol. The Hall–Kier alpha value is -4.11. The first-order valence-corrected chi connectivity index (χ1v) is 33.0. The Morgan fingerprint density at radius 1 is 0.400 bits per heavy atom. The number of phosphoric ester groups is 1. The number of unbranched alkanes of at least 4 members (excludes halogenated alkanes) is 19. The highest BCUT2D eigenvalue weighted by Crippen LogP contribution is 2.38. The van der Waals surface area contributed by atoms with Gasteiger partial charge in [-0.05, 0) is 96.3 Å². The highest BCUT2D eigenvalue weighted by atomic mass is 31.2. The van der Waals surface area contributed by atoms with Crippen LogP contribution in [0.5, 0.6) is 0 Å². The van der Waals surface area contributed by atoms with Crippen LogP contribution in [0.1, 0.15) is 232 Å². The molecule has 0 heterocycles. The molecule has 2 atom stereocenters. The van der Waals surface area contributed by atoms with Crippen LogP contribution in [0.4, 0.5) is 0 Å². The first kappa shape index (κ1) is 75.9. The minimum atomic E-state index is -4.66. The standard InChI is InChI=1S/C70H116NO8P/c1-6-8-10-12-14-16-18-20-22-23-24-25-26-27-28-29-30-31-32-33-34-35-36-37-38-39-40-41-42-43-44-45-46-47-49-51-53-55-57-59-61-63-70(73)79-68(67-78-80(74,75)77-65-64-71(3,4)5)66-76-69(72)62-60-58-56-54-52-50-48-21-19-17-15-13-11-9-7-2/h8-11,14-17,20-22,24-25,27-28,30-31,33-34,48,52,54,58,60,68H,6-7,12-13,18-19,23,26,29,32,35-47,49-51,53,55-57,59,61-67H2,1-5H3/b10-8-,11-9-,16-14-,17-15-,22-20-,25-24-,28-27-,31-30-,34-33-,48-21-,54-52-,60-58-. The van der Waals surface area contributed by atoms with E-state index in [1.54, 1.807) is 6.08 Å². The molecule has 0 amide bonds. The molecule has 0 spiro atoms. The SMILES string of the molecule is CC/C=C\C/C=C\C/C=C\C/C=C\C/C=C\C/C=C\C/C=C\CCCCCCCCCCCCCCCCCCCCCC(=O)OC(COC(=O)C/C=C\C/C=C\C/C=C\C/C=C\C/C=C\CC)COP(=O)([O-])OCC[N+](C)(C)C. The van der Waals surface area contributed by atoms with E-state index in [1.807, 2.05) is 33.3 Å². The third-order valence-corrected chi connectivity index (χ3v) is 13.9. The van der Waals surface area contributed by atoms with Crippen LogP contribution in [0.15, 0.2) is 146 Å². The molecule has 454 valence electrons. The van der Waals surface area contributed by atoms with Crippen molar-refractivity contribution < 1.29 is 42.1 Å². The van der Waals surface area contributed by atoms with E-state index < -0.39 is 32.5 Å². The van der Waals surface area contributed by atoms with Gasteiger partial charge in [0.05, 0.1) is 34.2 Å². The van der Waals surface area contributed by atoms with E-state index in [4.69, 9.17) is 18.5 Å². The number of esters is 2. The van der Waals surface area contributed by atoms with Crippen molar-refractivity contribution in [3.05, 3.63) is 146 Å². The number of likely N-dealkylation sites (N-methyl/N-ethyl adjacent to an activating group) is 1. The van der Waals surface area contributed by atoms with Crippen LogP contribution < -0.4 is 4.89 Å². The summed E-state index contributed by atoms with van der Waals surface area (Å²) in [5.41, 5.74) is 0. The number of carbonyl (C=O) groups is 2. The quantitative estimate of drug-likeness (QED) is 0.0195. The molecule has 0 saturated carbocycles. The zero-order valence-electron chi connectivity index (χ0n) is 51.5. The van der Waals surface area contributed by atoms with Gasteiger partial charge in [0.25, 0.3) is 7.82 Å². The summed E-state index contributed by atoms with van der Waals surface area (Å²) in [6.45, 7) is 3.88. The fraction of sp³-hybridized carbons (Fsp3) is 0.629. The lowest BCUT2D eigenvalue weighted by atomic mass is 10.0. The minimum Gasteiger partial charge on any atom is -0.756 e. The number of rotatable bonds is 56. The van der Waals surface area contributed by atoms with E-state index in [1.165, 1.54) is 103 Å². The highest BCUT2D eigenvalue weighted by Gasteiger charge is 2.21. The molecule has 0 saturated heterocycles. The van der Waals surface area contributed by atoms with E-state index in [2.05, 4.69) is 141 Å². The molecule has 0 N–H and O–H groups in total. The second kappa shape index (κ2) is 59.5. The predicted octanol–water partition coefficient (Wildman–Crippen LogP) is 19.6. The topological polar surface area (TPSA) is 111 Å². The molecule has 0 fully saturated rings. The number of phosphoric acid groups is 1. The summed E-state index contributed by atoms with van der Waals surface area (Å²) in [5, 5.41) is 0. The van der Waals surface area contributed by atoms with Crippen molar-refractivity contribution in [1.29, 1.82) is 0 Å². The maximum atomic E-state index is 12.8. The lowest BCUT2D eigenvalue weighted by Crippen LogP contribution is -2.37. The van der Waals surface area contributed by atoms with E-state index in [9.17, 15) is 19.0 Å². The molecule has 0 aromatic rings. The Morgan fingerprint density at radius 3 is 1.06 bits per heavy atom. The molecule has 0 aromatic heterocycles. The molecule has 0 aliphatic heterocycles. The molecule has 0 rings (SSSR count). The fourth-order valence-corrected chi connectivity index (χ4v) is 8.85. The first-order chi connectivity index (χ1) is 39.0. The second-order valence-corrected chi connectivity index (χ2v) is 23.1. The van der Waals surface area contributed by atoms with Gasteiger partial charge in [-0.1, -0.05) is 269 Å². The van der Waals surface area contributed by atoms with Crippen molar-refractivity contribution in [3.63, 3.8) is 0 Å². The van der Waals surface area contributed by atoms with Crippen molar-refractivity contribution in [1.82, 2.24) is 0 Å². The third-order valence-electron chi connectivity index (χ3n) is 12.9. The van der Waals surface area contributed by atoms with Crippen LogP contribution in [0.25, 0.3) is 0 Å². The summed E-state index contributed by atoms with van der Waals surface area (Å²) in [7, 11) is 1.11. The van der Waals surface area contributed by atoms with Crippen molar-refractivity contribution in [2.24, 2.45) is 0 Å². The number of ether oxygens (including phenoxy) is 2. The number of hydrogen-bond acceptors (Lipinski definition) is 8. The lowest BCUT2D eigenvalue weighted by molar-refractivity contribution is -0.870. The Morgan fingerprint density at radius 2 is 0.713 bits per heavy atom. The van der Waals surface area contributed by atoms with Crippen molar-refractivity contribution in [2.75, 3.05) is 47.5 Å². The van der Waals surface area contributed by atoms with Gasteiger partial charge >= 0.3 is 11.9 Å². The van der Waals surface area contributed by atoms with Gasteiger partial charge in [-0.15, -0.1) is 0 Å². The minimum absolute atomic E-state index is 0.0396. The Bertz CT molecular complexity index is 1860. The molecule has 2 unspecified atom stereocenters. The molecule has 80 heavy (non-hydrogen) atoms. The first-order valence-electron chi connectivity index (χ1n) is 31.5. The van der Waals surface area contributed by atoms with Gasteiger partial charge in [0.15, 0.2) is 6.10 Å². The van der Waals surface area contributed by atoms with Crippen LogP contribution in [-0.4, -0.2) is 70.0 Å². The Kier molecular flexibility index (Phi) is 56.5. The summed E-state index contributed by atoms with van der Waals surface area (Å²) < 4.78 is 34.0. The molecule has 0 aromatic carbocycles. The van der Waals surface area contributed by atoms with Crippen LogP contribution in [0.3, 0.4) is 0 Å². The number of allylic oxidation sites excluding steroid dienone is 23. The van der Waals surface area contributed by atoms with Gasteiger partial charge in [0.1, 0.15) is 19.8 Å². The van der Waals surface area contributed by atoms with Gasteiger partial charge < -0.3 is 27.9 Å². The number of nitrogens with zero attached hydrogens (tertiary/aromatic N) is 1. The van der Waals surface area contributed by atoms with Gasteiger partial charge in [0.2, 0.25) is 0 Å². The molecular weight excluding hydrogens is 1010 g/mol. The summed E-state index contributed by atoms with van der Waals surface area (Å²) in [6, 6.07) is 0. The summed E-state index contributed by atoms with van der Waals surface area (Å²) in [4.78, 5) is 37.8. The fourth-order valence-electron chi connectivity index (χ4n) is 8.12. The summed E-state index contributed by atoms with van der Waals surface area (Å²) >= 11 is 0. The van der Waals surface area contributed by atoms with E-state index in [0.717, 1.165) is 89.9 Å².